The van der Waals surface area contributed by atoms with Gasteiger partial charge in [0.25, 0.3) is 0 Å². The Morgan fingerprint density at radius 2 is 2.07 bits per heavy atom. The van der Waals surface area contributed by atoms with E-state index in [0.29, 0.717) is 23.3 Å². The van der Waals surface area contributed by atoms with Crippen molar-refractivity contribution in [1.82, 2.24) is 10.3 Å². The lowest BCUT2D eigenvalue weighted by atomic mass is 10.1. The lowest BCUT2D eigenvalue weighted by Gasteiger charge is -2.23. The zero-order valence-corrected chi connectivity index (χ0v) is 16.5. The van der Waals surface area contributed by atoms with Crippen LogP contribution in [0.1, 0.15) is 17.0 Å². The number of morpholine rings is 1. The molecular formula is C22H23ClN2O3. The molecule has 1 aliphatic rings. The largest absolute Gasteiger partial charge is 0.486 e. The molecule has 1 aliphatic heterocycles. The lowest BCUT2D eigenvalue weighted by Crippen LogP contribution is -2.39. The molecule has 1 saturated heterocycles. The fourth-order valence-corrected chi connectivity index (χ4v) is 3.47. The highest BCUT2D eigenvalue weighted by Crippen LogP contribution is 2.28. The Morgan fingerprint density at radius 1 is 1.21 bits per heavy atom. The maximum atomic E-state index is 6.43. The van der Waals surface area contributed by atoms with Crippen LogP contribution < -0.4 is 10.1 Å². The quantitative estimate of drug-likeness (QED) is 0.666. The van der Waals surface area contributed by atoms with Crippen LogP contribution in [-0.2, 0) is 17.8 Å². The zero-order chi connectivity index (χ0) is 19.3. The number of halogens is 1. The van der Waals surface area contributed by atoms with E-state index < -0.39 is 0 Å². The van der Waals surface area contributed by atoms with Crippen molar-refractivity contribution in [3.8, 4) is 17.2 Å². The van der Waals surface area contributed by atoms with E-state index in [0.717, 1.165) is 48.7 Å². The first kappa shape index (κ1) is 19.0. The van der Waals surface area contributed by atoms with Crippen LogP contribution in [0.4, 0.5) is 0 Å². The first-order valence-corrected chi connectivity index (χ1v) is 9.82. The van der Waals surface area contributed by atoms with Gasteiger partial charge in [0.05, 0.1) is 17.7 Å². The van der Waals surface area contributed by atoms with Crippen molar-refractivity contribution in [2.45, 2.75) is 26.1 Å². The predicted molar refractivity (Wildman–Crippen MR) is 109 cm³/mol. The van der Waals surface area contributed by atoms with Crippen LogP contribution in [0.25, 0.3) is 11.5 Å². The number of ether oxygens (including phenoxy) is 2. The van der Waals surface area contributed by atoms with E-state index in [1.54, 1.807) is 0 Å². The molecule has 0 aliphatic carbocycles. The van der Waals surface area contributed by atoms with Crippen molar-refractivity contribution in [3.05, 3.63) is 70.6 Å². The third kappa shape index (κ3) is 4.55. The van der Waals surface area contributed by atoms with E-state index in [1.165, 1.54) is 0 Å². The van der Waals surface area contributed by atoms with Gasteiger partial charge in [0.2, 0.25) is 5.89 Å². The number of aromatic nitrogens is 1. The van der Waals surface area contributed by atoms with Gasteiger partial charge in [-0.25, -0.2) is 4.98 Å². The summed E-state index contributed by atoms with van der Waals surface area (Å²) >= 11 is 6.43. The van der Waals surface area contributed by atoms with Gasteiger partial charge in [0, 0.05) is 18.7 Å². The monoisotopic (exact) mass is 398 g/mol. The SMILES string of the molecule is Cc1oc(-c2ccccc2)nc1COc1ccc(C[C@@H]2CNCCO2)cc1Cl. The molecule has 0 unspecified atom stereocenters. The normalized spacial score (nSPS) is 16.9. The minimum Gasteiger partial charge on any atom is -0.486 e. The highest BCUT2D eigenvalue weighted by Gasteiger charge is 2.16. The maximum absolute atomic E-state index is 6.43. The topological polar surface area (TPSA) is 56.5 Å². The minimum absolute atomic E-state index is 0.186. The number of oxazole rings is 1. The number of benzene rings is 2. The summed E-state index contributed by atoms with van der Waals surface area (Å²) in [6, 6.07) is 15.7. The Balaban J connectivity index is 1.40. The summed E-state index contributed by atoms with van der Waals surface area (Å²) in [5, 5.41) is 3.93. The molecule has 0 bridgehead atoms. The van der Waals surface area contributed by atoms with Crippen LogP contribution in [0.5, 0.6) is 5.75 Å². The fraction of sp³-hybridized carbons (Fsp3) is 0.318. The van der Waals surface area contributed by atoms with Crippen LogP contribution in [0.15, 0.2) is 52.9 Å². The standard InChI is InChI=1S/C22H23ClN2O3/c1-15-20(25-22(28-15)17-5-3-2-4-6-17)14-27-21-8-7-16(12-19(21)23)11-18-13-24-9-10-26-18/h2-8,12,18,24H,9-11,13-14H2,1H3/t18-/m1/s1. The van der Waals surface area contributed by atoms with Crippen LogP contribution >= 0.6 is 11.6 Å². The second-order valence-corrected chi connectivity index (χ2v) is 7.25. The van der Waals surface area contributed by atoms with Crippen molar-refractivity contribution >= 4 is 11.6 Å². The number of aryl methyl sites for hydroxylation is 1. The molecule has 1 fully saturated rings. The van der Waals surface area contributed by atoms with E-state index in [1.807, 2.05) is 55.5 Å². The van der Waals surface area contributed by atoms with Gasteiger partial charge in [-0.2, -0.15) is 0 Å². The summed E-state index contributed by atoms with van der Waals surface area (Å²) in [7, 11) is 0. The van der Waals surface area contributed by atoms with Crippen LogP contribution in [0.2, 0.25) is 5.02 Å². The number of hydrogen-bond donors (Lipinski definition) is 1. The lowest BCUT2D eigenvalue weighted by molar-refractivity contribution is 0.0292. The molecule has 2 heterocycles. The molecule has 5 nitrogen and oxygen atoms in total. The van der Waals surface area contributed by atoms with Crippen molar-refractivity contribution < 1.29 is 13.9 Å². The molecule has 0 saturated carbocycles. The van der Waals surface area contributed by atoms with Gasteiger partial charge in [-0.15, -0.1) is 0 Å². The van der Waals surface area contributed by atoms with Gasteiger partial charge in [-0.05, 0) is 43.2 Å². The Hall–Kier alpha value is -2.34. The van der Waals surface area contributed by atoms with Crippen molar-refractivity contribution in [3.63, 3.8) is 0 Å². The second kappa shape index (κ2) is 8.78. The Kier molecular flexibility index (Phi) is 5.95. The van der Waals surface area contributed by atoms with Gasteiger partial charge in [0.15, 0.2) is 0 Å². The minimum atomic E-state index is 0.186. The Bertz CT molecular complexity index is 921. The smallest absolute Gasteiger partial charge is 0.226 e. The first-order chi connectivity index (χ1) is 13.7. The highest BCUT2D eigenvalue weighted by molar-refractivity contribution is 6.32. The molecule has 3 aromatic rings. The summed E-state index contributed by atoms with van der Waals surface area (Å²) in [6.07, 6.45) is 1.02. The molecule has 4 rings (SSSR count). The van der Waals surface area contributed by atoms with E-state index >= 15 is 0 Å². The van der Waals surface area contributed by atoms with Crippen molar-refractivity contribution in [2.24, 2.45) is 0 Å². The van der Waals surface area contributed by atoms with Gasteiger partial charge >= 0.3 is 0 Å². The number of nitrogens with one attached hydrogen (secondary N) is 1. The molecular weight excluding hydrogens is 376 g/mol. The molecule has 28 heavy (non-hydrogen) atoms. The summed E-state index contributed by atoms with van der Waals surface area (Å²) in [6.45, 7) is 4.72. The predicted octanol–water partition coefficient (Wildman–Crippen LogP) is 4.41. The number of hydrogen-bond acceptors (Lipinski definition) is 5. The maximum Gasteiger partial charge on any atom is 0.226 e. The summed E-state index contributed by atoms with van der Waals surface area (Å²) < 4.78 is 17.4. The molecule has 0 radical (unpaired) electrons. The van der Waals surface area contributed by atoms with Gasteiger partial charge in [-0.3, -0.25) is 0 Å². The average molecular weight is 399 g/mol. The summed E-state index contributed by atoms with van der Waals surface area (Å²) in [5.41, 5.74) is 2.84. The average Bonchev–Trinajstić information content (AvgIpc) is 3.09. The highest BCUT2D eigenvalue weighted by atomic mass is 35.5. The molecule has 1 N–H and O–H groups in total. The van der Waals surface area contributed by atoms with E-state index in [2.05, 4.69) is 10.3 Å². The molecule has 6 heteroatoms. The summed E-state index contributed by atoms with van der Waals surface area (Å²) in [4.78, 5) is 4.56. The van der Waals surface area contributed by atoms with E-state index in [-0.39, 0.29) is 6.10 Å². The zero-order valence-electron chi connectivity index (χ0n) is 15.8. The molecule has 1 atom stereocenters. The Labute approximate surface area is 169 Å². The first-order valence-electron chi connectivity index (χ1n) is 9.44. The third-order valence-corrected chi connectivity index (χ3v) is 5.04. The number of rotatable bonds is 6. The molecule has 1 aromatic heterocycles. The van der Waals surface area contributed by atoms with Crippen molar-refractivity contribution in [2.75, 3.05) is 19.7 Å². The molecule has 0 spiro atoms. The van der Waals surface area contributed by atoms with Crippen molar-refractivity contribution in [1.29, 1.82) is 0 Å². The van der Waals surface area contributed by atoms with Crippen LogP contribution in [0.3, 0.4) is 0 Å². The summed E-state index contributed by atoms with van der Waals surface area (Å²) in [5.74, 6) is 1.98. The third-order valence-electron chi connectivity index (χ3n) is 4.74. The van der Waals surface area contributed by atoms with E-state index in [9.17, 15) is 0 Å². The molecule has 0 amide bonds. The Morgan fingerprint density at radius 3 is 2.82 bits per heavy atom. The van der Waals surface area contributed by atoms with Crippen LogP contribution in [0, 0.1) is 6.92 Å². The van der Waals surface area contributed by atoms with Gasteiger partial charge < -0.3 is 19.2 Å². The van der Waals surface area contributed by atoms with Gasteiger partial charge in [0.1, 0.15) is 23.8 Å². The fourth-order valence-electron chi connectivity index (χ4n) is 3.21. The van der Waals surface area contributed by atoms with E-state index in [4.69, 9.17) is 25.5 Å². The number of nitrogens with zero attached hydrogens (tertiary/aromatic N) is 1. The second-order valence-electron chi connectivity index (χ2n) is 6.84. The van der Waals surface area contributed by atoms with Crippen LogP contribution in [-0.4, -0.2) is 30.8 Å². The molecule has 146 valence electrons. The molecule has 2 aromatic carbocycles. The van der Waals surface area contributed by atoms with Gasteiger partial charge in [-0.1, -0.05) is 35.9 Å².